The van der Waals surface area contributed by atoms with Gasteiger partial charge in [-0.15, -0.1) is 0 Å². The molecule has 1 aromatic carbocycles. The maximum atomic E-state index is 11.9. The molecule has 7 nitrogen and oxygen atoms in total. The Bertz CT molecular complexity index is 696. The summed E-state index contributed by atoms with van der Waals surface area (Å²) in [5.74, 6) is -0.555. The summed E-state index contributed by atoms with van der Waals surface area (Å²) in [5, 5.41) is 13.3. The topological polar surface area (TPSA) is 105 Å². The summed E-state index contributed by atoms with van der Waals surface area (Å²) >= 11 is 5.86. The molecule has 102 valence electrons. The third-order valence-electron chi connectivity index (χ3n) is 2.50. The van der Waals surface area contributed by atoms with E-state index < -0.39 is 10.8 Å². The Morgan fingerprint density at radius 1 is 1.40 bits per heavy atom. The highest BCUT2D eigenvalue weighted by Crippen LogP contribution is 2.27. The molecule has 8 heteroatoms. The zero-order chi connectivity index (χ0) is 14.7. The predicted octanol–water partition coefficient (Wildman–Crippen LogP) is 2.64. The van der Waals surface area contributed by atoms with E-state index in [1.807, 2.05) is 0 Å². The van der Waals surface area contributed by atoms with Crippen LogP contribution in [0.15, 0.2) is 30.5 Å². The number of H-pyrrole nitrogens is 1. The number of non-ortho nitro benzene ring substituents is 1. The first-order valence-electron chi connectivity index (χ1n) is 5.40. The SMILES string of the molecule is O=Cc1c[nH]c(C(=O)Nc2cc([N+](=O)[O-])ccc2Cl)c1. The number of hydrogen-bond acceptors (Lipinski definition) is 4. The van der Waals surface area contributed by atoms with Crippen LogP contribution in [-0.4, -0.2) is 22.1 Å². The van der Waals surface area contributed by atoms with Crippen molar-refractivity contribution < 1.29 is 14.5 Å². The van der Waals surface area contributed by atoms with E-state index in [0.717, 1.165) is 6.07 Å². The second-order valence-electron chi connectivity index (χ2n) is 3.84. The number of aldehydes is 1. The number of anilines is 1. The van der Waals surface area contributed by atoms with Crippen LogP contribution in [0.5, 0.6) is 0 Å². The van der Waals surface area contributed by atoms with Gasteiger partial charge in [-0.1, -0.05) is 11.6 Å². The van der Waals surface area contributed by atoms with Crippen LogP contribution in [0.2, 0.25) is 5.02 Å². The Kier molecular flexibility index (Phi) is 3.81. The molecule has 0 spiro atoms. The first-order valence-corrected chi connectivity index (χ1v) is 5.78. The molecule has 0 saturated carbocycles. The lowest BCUT2D eigenvalue weighted by Crippen LogP contribution is -2.12. The Morgan fingerprint density at radius 2 is 2.15 bits per heavy atom. The number of halogens is 1. The van der Waals surface area contributed by atoms with Gasteiger partial charge in [-0.25, -0.2) is 0 Å². The summed E-state index contributed by atoms with van der Waals surface area (Å²) in [6.07, 6.45) is 1.96. The molecule has 2 N–H and O–H groups in total. The van der Waals surface area contributed by atoms with Crippen LogP contribution in [0, 0.1) is 10.1 Å². The average Bonchev–Trinajstić information content (AvgIpc) is 2.89. The van der Waals surface area contributed by atoms with Gasteiger partial charge in [-0.05, 0) is 12.1 Å². The average molecular weight is 294 g/mol. The standard InChI is InChI=1S/C12H8ClN3O4/c13-9-2-1-8(16(19)20)4-10(9)15-12(18)11-3-7(6-17)5-14-11/h1-6,14H,(H,15,18). The fourth-order valence-electron chi connectivity index (χ4n) is 1.52. The molecule has 0 saturated heterocycles. The normalized spacial score (nSPS) is 10.1. The predicted molar refractivity (Wildman–Crippen MR) is 72.2 cm³/mol. The second-order valence-corrected chi connectivity index (χ2v) is 4.25. The molecule has 1 aromatic heterocycles. The third kappa shape index (κ3) is 2.83. The van der Waals surface area contributed by atoms with Crippen LogP contribution < -0.4 is 5.32 Å². The minimum absolute atomic E-state index is 0.119. The molecule has 20 heavy (non-hydrogen) atoms. The van der Waals surface area contributed by atoms with E-state index in [4.69, 9.17) is 11.6 Å². The Morgan fingerprint density at radius 3 is 2.75 bits per heavy atom. The summed E-state index contributed by atoms with van der Waals surface area (Å²) in [4.78, 5) is 35.1. The fraction of sp³-hybridized carbons (Fsp3) is 0. The third-order valence-corrected chi connectivity index (χ3v) is 2.82. The highest BCUT2D eigenvalue weighted by atomic mass is 35.5. The Labute approximate surface area is 117 Å². The van der Waals surface area contributed by atoms with Gasteiger partial charge in [0.05, 0.1) is 15.6 Å². The van der Waals surface area contributed by atoms with Crippen molar-refractivity contribution in [2.24, 2.45) is 0 Å². The van der Waals surface area contributed by atoms with Crippen molar-refractivity contribution in [1.82, 2.24) is 4.98 Å². The lowest BCUT2D eigenvalue weighted by atomic mass is 10.2. The van der Waals surface area contributed by atoms with E-state index >= 15 is 0 Å². The number of carbonyl (C=O) groups is 2. The van der Waals surface area contributed by atoms with Crippen LogP contribution >= 0.6 is 11.6 Å². The number of nitro groups is 1. The zero-order valence-electron chi connectivity index (χ0n) is 9.92. The first-order chi connectivity index (χ1) is 9.51. The molecule has 0 unspecified atom stereocenters. The fourth-order valence-corrected chi connectivity index (χ4v) is 1.69. The number of amides is 1. The smallest absolute Gasteiger partial charge is 0.272 e. The van der Waals surface area contributed by atoms with E-state index in [1.165, 1.54) is 24.4 Å². The van der Waals surface area contributed by atoms with Crippen LogP contribution in [0.1, 0.15) is 20.8 Å². The van der Waals surface area contributed by atoms with E-state index in [0.29, 0.717) is 11.8 Å². The van der Waals surface area contributed by atoms with Gasteiger partial charge in [0.15, 0.2) is 6.29 Å². The van der Waals surface area contributed by atoms with Crippen LogP contribution in [0.3, 0.4) is 0 Å². The van der Waals surface area contributed by atoms with Crippen molar-refractivity contribution in [2.75, 3.05) is 5.32 Å². The lowest BCUT2D eigenvalue weighted by molar-refractivity contribution is -0.384. The van der Waals surface area contributed by atoms with E-state index in [1.54, 1.807) is 0 Å². The minimum Gasteiger partial charge on any atom is -0.356 e. The molecule has 2 rings (SSSR count). The van der Waals surface area contributed by atoms with E-state index in [2.05, 4.69) is 10.3 Å². The van der Waals surface area contributed by atoms with Gasteiger partial charge < -0.3 is 10.3 Å². The van der Waals surface area contributed by atoms with Crippen molar-refractivity contribution in [1.29, 1.82) is 0 Å². The lowest BCUT2D eigenvalue weighted by Gasteiger charge is -2.05. The van der Waals surface area contributed by atoms with E-state index in [9.17, 15) is 19.7 Å². The summed E-state index contributed by atoms with van der Waals surface area (Å²) in [6.45, 7) is 0. The molecule has 2 aromatic rings. The number of aromatic amines is 1. The summed E-state index contributed by atoms with van der Waals surface area (Å²) in [5.41, 5.74) is 0.396. The molecular formula is C12H8ClN3O4. The van der Waals surface area contributed by atoms with Crippen LogP contribution in [-0.2, 0) is 0 Å². The van der Waals surface area contributed by atoms with Crippen molar-refractivity contribution in [3.63, 3.8) is 0 Å². The number of nitrogens with zero attached hydrogens (tertiary/aromatic N) is 1. The molecule has 1 amide bonds. The largest absolute Gasteiger partial charge is 0.356 e. The molecular weight excluding hydrogens is 286 g/mol. The van der Waals surface area contributed by atoms with Crippen LogP contribution in [0.25, 0.3) is 0 Å². The Balaban J connectivity index is 2.24. The van der Waals surface area contributed by atoms with Gasteiger partial charge in [-0.2, -0.15) is 0 Å². The van der Waals surface area contributed by atoms with Gasteiger partial charge in [0.25, 0.3) is 11.6 Å². The molecule has 0 atom stereocenters. The number of nitrogens with one attached hydrogen (secondary N) is 2. The van der Waals surface area contributed by atoms with Crippen molar-refractivity contribution in [2.45, 2.75) is 0 Å². The monoisotopic (exact) mass is 293 g/mol. The highest BCUT2D eigenvalue weighted by molar-refractivity contribution is 6.34. The number of benzene rings is 1. The summed E-state index contributed by atoms with van der Waals surface area (Å²) in [7, 11) is 0. The summed E-state index contributed by atoms with van der Waals surface area (Å²) < 4.78 is 0. The molecule has 0 aliphatic carbocycles. The molecule has 0 fully saturated rings. The van der Waals surface area contributed by atoms with Gasteiger partial charge in [0.2, 0.25) is 0 Å². The van der Waals surface area contributed by atoms with Gasteiger partial charge in [0, 0.05) is 23.9 Å². The van der Waals surface area contributed by atoms with Crippen molar-refractivity contribution >= 4 is 35.2 Å². The maximum Gasteiger partial charge on any atom is 0.272 e. The van der Waals surface area contributed by atoms with Crippen molar-refractivity contribution in [3.05, 3.63) is 56.9 Å². The van der Waals surface area contributed by atoms with E-state index in [-0.39, 0.29) is 22.1 Å². The second kappa shape index (κ2) is 5.54. The van der Waals surface area contributed by atoms with Gasteiger partial charge >= 0.3 is 0 Å². The number of rotatable bonds is 4. The number of carbonyl (C=O) groups excluding carboxylic acids is 2. The summed E-state index contributed by atoms with van der Waals surface area (Å²) in [6, 6.07) is 5.06. The number of nitro benzene ring substituents is 1. The molecule has 0 aliphatic rings. The molecule has 0 aliphatic heterocycles. The molecule has 1 heterocycles. The number of aromatic nitrogens is 1. The maximum absolute atomic E-state index is 11.9. The van der Waals surface area contributed by atoms with Gasteiger partial charge in [-0.3, -0.25) is 19.7 Å². The van der Waals surface area contributed by atoms with Crippen LogP contribution in [0.4, 0.5) is 11.4 Å². The van der Waals surface area contributed by atoms with Crippen molar-refractivity contribution in [3.8, 4) is 0 Å². The minimum atomic E-state index is -0.592. The van der Waals surface area contributed by atoms with Gasteiger partial charge in [0.1, 0.15) is 5.69 Å². The zero-order valence-corrected chi connectivity index (χ0v) is 10.7. The Hall–Kier alpha value is -2.67. The molecule has 0 bridgehead atoms. The number of hydrogen-bond donors (Lipinski definition) is 2. The highest BCUT2D eigenvalue weighted by Gasteiger charge is 2.14. The quantitative estimate of drug-likeness (QED) is 0.513. The molecule has 0 radical (unpaired) electrons. The first kappa shape index (κ1) is 13.8.